The predicted octanol–water partition coefficient (Wildman–Crippen LogP) is 8.69. The van der Waals surface area contributed by atoms with Crippen molar-refractivity contribution < 1.29 is 47.6 Å². The third kappa shape index (κ3) is 17.9. The van der Waals surface area contributed by atoms with Gasteiger partial charge >= 0.3 is 23.9 Å². The van der Waals surface area contributed by atoms with E-state index in [1.165, 1.54) is 12.2 Å². The second kappa shape index (κ2) is 27.1. The fourth-order valence-electron chi connectivity index (χ4n) is 7.78. The number of anilines is 4. The molecule has 0 spiro atoms. The van der Waals surface area contributed by atoms with Gasteiger partial charge in [0.2, 0.25) is 0 Å². The number of hydrogen-bond acceptors (Lipinski definition) is 14. The highest BCUT2D eigenvalue weighted by Crippen LogP contribution is 2.30. The molecule has 2 aliphatic carbocycles. The van der Waals surface area contributed by atoms with Crippen LogP contribution >= 0.6 is 0 Å². The van der Waals surface area contributed by atoms with E-state index in [1.807, 2.05) is 6.92 Å². The van der Waals surface area contributed by atoms with Crippen LogP contribution in [0.4, 0.5) is 22.7 Å². The van der Waals surface area contributed by atoms with E-state index in [0.29, 0.717) is 53.7 Å². The second-order valence-electron chi connectivity index (χ2n) is 16.7. The number of benzene rings is 4. The van der Waals surface area contributed by atoms with E-state index >= 15 is 0 Å². The van der Waals surface area contributed by atoms with Gasteiger partial charge in [-0.1, -0.05) is 31.2 Å². The van der Waals surface area contributed by atoms with Crippen molar-refractivity contribution in [2.45, 2.75) is 96.7 Å². The Morgan fingerprint density at radius 3 is 1.31 bits per heavy atom. The van der Waals surface area contributed by atoms with Crippen LogP contribution < -0.4 is 32.4 Å². The fraction of sp³-hybridized carbons (Fsp3) is 0.396. The van der Waals surface area contributed by atoms with E-state index in [-0.39, 0.29) is 49.2 Å². The van der Waals surface area contributed by atoms with Crippen molar-refractivity contribution in [2.75, 3.05) is 49.4 Å². The Labute approximate surface area is 393 Å². The van der Waals surface area contributed by atoms with Crippen molar-refractivity contribution in [3.05, 3.63) is 119 Å². The monoisotopic (exact) mass is 918 g/mol. The van der Waals surface area contributed by atoms with Crippen LogP contribution in [-0.2, 0) is 51.0 Å². The van der Waals surface area contributed by atoms with E-state index in [4.69, 9.17) is 51.4 Å². The van der Waals surface area contributed by atoms with E-state index in [1.54, 1.807) is 97.1 Å². The number of esters is 4. The third-order valence-corrected chi connectivity index (χ3v) is 11.6. The Kier molecular flexibility index (Phi) is 20.8. The number of nitrogens with two attached hydrogens (primary N) is 4. The van der Waals surface area contributed by atoms with Gasteiger partial charge in [-0.15, -0.1) is 0 Å². The molecule has 4 aromatic carbocycles. The maximum Gasteiger partial charge on any atom is 0.330 e. The van der Waals surface area contributed by atoms with Crippen molar-refractivity contribution in [1.29, 1.82) is 0 Å². The highest BCUT2D eigenvalue weighted by molar-refractivity contribution is 5.87. The molecule has 6 rings (SSSR count). The minimum absolute atomic E-state index is 0.0845. The number of nitrogen functional groups attached to an aromatic ring is 4. The zero-order valence-electron chi connectivity index (χ0n) is 38.7. The first kappa shape index (κ1) is 51.3. The van der Waals surface area contributed by atoms with E-state index < -0.39 is 11.9 Å². The minimum atomic E-state index is -0.448. The summed E-state index contributed by atoms with van der Waals surface area (Å²) in [5.74, 6) is -0.469. The number of rotatable bonds is 19. The molecule has 2 fully saturated rings. The van der Waals surface area contributed by atoms with Gasteiger partial charge in [0.25, 0.3) is 0 Å². The van der Waals surface area contributed by atoms with Crippen molar-refractivity contribution in [1.82, 2.24) is 0 Å². The normalized spacial score (nSPS) is 18.1. The molecule has 14 heteroatoms. The van der Waals surface area contributed by atoms with Gasteiger partial charge in [0.15, 0.2) is 0 Å². The highest BCUT2D eigenvalue weighted by atomic mass is 16.5. The Hall–Kier alpha value is -6.64. The summed E-state index contributed by atoms with van der Waals surface area (Å²) in [6.07, 6.45) is 15.3. The molecule has 0 atom stereocenters. The summed E-state index contributed by atoms with van der Waals surface area (Å²) in [6, 6.07) is 24.5. The number of carbonyl (C=O) groups is 4. The van der Waals surface area contributed by atoms with E-state index in [0.717, 1.165) is 86.6 Å². The molecular formula is C53H66N4O10. The van der Waals surface area contributed by atoms with Gasteiger partial charge in [-0.2, -0.15) is 0 Å². The molecule has 0 radical (unpaired) electrons. The highest BCUT2D eigenvalue weighted by Gasteiger charge is 2.29. The summed E-state index contributed by atoms with van der Waals surface area (Å²) < 4.78 is 33.0. The molecule has 14 nitrogen and oxygen atoms in total. The van der Waals surface area contributed by atoms with Crippen molar-refractivity contribution >= 4 is 58.8 Å². The third-order valence-electron chi connectivity index (χ3n) is 11.6. The SMILES string of the molecule is CCCOC1CCC(C(=O)Oc2ccc(/C=C/C(=O)OCCc3cc(N)ccc3N)cc2)CC1.CCOC1CCC(C(=O)Oc2ccc(/C=C/C(=O)OCCc3cc(N)ccc3N)cc2)CC1. The largest absolute Gasteiger partial charge is 0.462 e. The number of ether oxygens (including phenoxy) is 6. The zero-order valence-corrected chi connectivity index (χ0v) is 38.7. The summed E-state index contributed by atoms with van der Waals surface area (Å²) in [6.45, 7) is 5.97. The topological polar surface area (TPSA) is 228 Å². The van der Waals surface area contributed by atoms with Crippen LogP contribution in [0.1, 0.15) is 93.9 Å². The molecule has 0 aromatic heterocycles. The lowest BCUT2D eigenvalue weighted by Crippen LogP contribution is -2.29. The first-order valence-corrected chi connectivity index (χ1v) is 23.2. The second-order valence-corrected chi connectivity index (χ2v) is 16.7. The fourth-order valence-corrected chi connectivity index (χ4v) is 7.78. The molecule has 2 saturated carbocycles. The van der Waals surface area contributed by atoms with E-state index in [2.05, 4.69) is 6.92 Å². The molecular weight excluding hydrogens is 853 g/mol. The van der Waals surface area contributed by atoms with Crippen LogP contribution in [0.2, 0.25) is 0 Å². The first-order valence-electron chi connectivity index (χ1n) is 23.2. The van der Waals surface area contributed by atoms with Gasteiger partial charge in [-0.3, -0.25) is 9.59 Å². The minimum Gasteiger partial charge on any atom is -0.462 e. The molecule has 4 aromatic rings. The summed E-state index contributed by atoms with van der Waals surface area (Å²) in [4.78, 5) is 48.9. The van der Waals surface area contributed by atoms with Crippen molar-refractivity contribution in [3.63, 3.8) is 0 Å². The summed E-state index contributed by atoms with van der Waals surface area (Å²) in [5, 5.41) is 0. The molecule has 0 saturated heterocycles. The molecule has 358 valence electrons. The molecule has 67 heavy (non-hydrogen) atoms. The quantitative estimate of drug-likeness (QED) is 0.0299. The summed E-state index contributed by atoms with van der Waals surface area (Å²) >= 11 is 0. The predicted molar refractivity (Wildman–Crippen MR) is 261 cm³/mol. The van der Waals surface area contributed by atoms with Gasteiger partial charge in [0, 0.05) is 61.0 Å². The van der Waals surface area contributed by atoms with Gasteiger partial charge in [0.05, 0.1) is 37.3 Å². The summed E-state index contributed by atoms with van der Waals surface area (Å²) in [7, 11) is 0. The lowest BCUT2D eigenvalue weighted by molar-refractivity contribution is -0.142. The lowest BCUT2D eigenvalue weighted by atomic mass is 9.87. The first-order chi connectivity index (χ1) is 32.4. The van der Waals surface area contributed by atoms with Gasteiger partial charge in [0.1, 0.15) is 11.5 Å². The van der Waals surface area contributed by atoms with Crippen molar-refractivity contribution in [3.8, 4) is 11.5 Å². The maximum atomic E-state index is 12.5. The lowest BCUT2D eigenvalue weighted by Gasteiger charge is -2.27. The molecule has 0 aliphatic heterocycles. The number of hydrogen-bond donors (Lipinski definition) is 4. The van der Waals surface area contributed by atoms with Crippen LogP contribution in [0.15, 0.2) is 97.1 Å². The van der Waals surface area contributed by atoms with Crippen LogP contribution in [-0.4, -0.2) is 62.5 Å². The molecule has 0 bridgehead atoms. The van der Waals surface area contributed by atoms with Crippen LogP contribution in [0.5, 0.6) is 11.5 Å². The van der Waals surface area contributed by atoms with Crippen LogP contribution in [0.25, 0.3) is 12.2 Å². The maximum absolute atomic E-state index is 12.5. The molecule has 2 aliphatic rings. The van der Waals surface area contributed by atoms with Crippen molar-refractivity contribution in [2.24, 2.45) is 11.8 Å². The Morgan fingerprint density at radius 2 is 0.925 bits per heavy atom. The Balaban J connectivity index is 0.000000251. The van der Waals surface area contributed by atoms with Crippen LogP contribution in [0, 0.1) is 11.8 Å². The average molecular weight is 919 g/mol. The molecule has 0 amide bonds. The van der Waals surface area contributed by atoms with E-state index in [9.17, 15) is 19.2 Å². The zero-order chi connectivity index (χ0) is 48.0. The van der Waals surface area contributed by atoms with Gasteiger partial charge in [-0.05, 0) is 160 Å². The molecule has 8 N–H and O–H groups in total. The Morgan fingerprint density at radius 1 is 0.522 bits per heavy atom. The smallest absolute Gasteiger partial charge is 0.330 e. The van der Waals surface area contributed by atoms with Gasteiger partial charge in [-0.25, -0.2) is 9.59 Å². The molecule has 0 heterocycles. The summed E-state index contributed by atoms with van der Waals surface area (Å²) in [5.41, 5.74) is 29.1. The Bertz CT molecular complexity index is 2260. The average Bonchev–Trinajstić information content (AvgIpc) is 3.33. The molecule has 0 unspecified atom stereocenters. The van der Waals surface area contributed by atoms with Gasteiger partial charge < -0.3 is 51.4 Å². The standard InChI is InChI=1S/C27H34N2O5.C26H32N2O5/c1-2-16-32-23-11-6-20(7-12-23)27(31)34-24-9-3-19(4-10-24)5-14-26(30)33-17-15-21-18-22(28)8-13-25(21)29;1-2-31-22-11-6-19(7-12-22)26(30)33-23-9-3-18(4-10-23)5-14-25(29)32-16-15-20-17-21(27)8-13-24(20)28/h3-5,8-10,13-14,18,20,23H,2,6-7,11-12,15-17,28-29H2,1H3;3-5,8-10,13-14,17,19,22H,2,6-7,11-12,15-16,27-28H2,1H3/b2*14-5+. The number of carbonyl (C=O) groups excluding carboxylic acids is 4. The van der Waals surface area contributed by atoms with Crippen LogP contribution in [0.3, 0.4) is 0 Å².